The fourth-order valence-corrected chi connectivity index (χ4v) is 2.81. The van der Waals surface area contributed by atoms with Gasteiger partial charge >= 0.3 is 0 Å². The Kier molecular flexibility index (Phi) is 6.16. The van der Waals surface area contributed by atoms with Gasteiger partial charge in [-0.15, -0.1) is 0 Å². The Bertz CT molecular complexity index is 1100. The Balaban J connectivity index is 1.85. The van der Waals surface area contributed by atoms with Crippen molar-refractivity contribution in [2.45, 2.75) is 6.92 Å². The van der Waals surface area contributed by atoms with E-state index < -0.39 is 0 Å². The summed E-state index contributed by atoms with van der Waals surface area (Å²) in [4.78, 5) is 12.6. The molecule has 0 heterocycles. The molecule has 0 saturated heterocycles. The molecule has 0 spiro atoms. The number of carbonyl (C=O) groups excluding carboxylic acids is 1. The summed E-state index contributed by atoms with van der Waals surface area (Å²) in [6.45, 7) is 1.94. The van der Waals surface area contributed by atoms with E-state index >= 15 is 0 Å². The van der Waals surface area contributed by atoms with E-state index in [1.807, 2.05) is 25.1 Å². The van der Waals surface area contributed by atoms with E-state index in [-0.39, 0.29) is 11.4 Å². The Morgan fingerprint density at radius 2 is 1.68 bits per heavy atom. The van der Waals surface area contributed by atoms with Gasteiger partial charge in [0.25, 0.3) is 0 Å². The SMILES string of the molecule is Cc1ccc(C(=O)/C(C#N)=C/c2cccc(Oc3ccc(Cl)c(Cl)c3)c2)cc1. The summed E-state index contributed by atoms with van der Waals surface area (Å²) in [5.74, 6) is 0.761. The Morgan fingerprint density at radius 1 is 0.964 bits per heavy atom. The standard InChI is InChI=1S/C23H15Cl2NO2/c1-15-5-7-17(8-6-15)23(27)18(14-26)11-16-3-2-4-19(12-16)28-20-9-10-21(24)22(25)13-20/h2-13H,1H3/b18-11+. The summed E-state index contributed by atoms with van der Waals surface area (Å²) in [5, 5.41) is 10.3. The van der Waals surface area contributed by atoms with E-state index in [1.54, 1.807) is 60.7 Å². The third-order valence-electron chi connectivity index (χ3n) is 3.97. The van der Waals surface area contributed by atoms with Crippen LogP contribution >= 0.6 is 23.2 Å². The zero-order valence-electron chi connectivity index (χ0n) is 14.9. The summed E-state index contributed by atoms with van der Waals surface area (Å²) in [6, 6.07) is 21.2. The van der Waals surface area contributed by atoms with Crippen molar-refractivity contribution < 1.29 is 9.53 Å². The van der Waals surface area contributed by atoms with Crippen molar-refractivity contribution in [3.8, 4) is 17.6 Å². The lowest BCUT2D eigenvalue weighted by atomic mass is 10.0. The van der Waals surface area contributed by atoms with Gasteiger partial charge in [0.05, 0.1) is 10.0 Å². The minimum Gasteiger partial charge on any atom is -0.457 e. The van der Waals surface area contributed by atoms with Crippen LogP contribution in [0.25, 0.3) is 6.08 Å². The van der Waals surface area contributed by atoms with E-state index in [0.717, 1.165) is 5.56 Å². The second-order valence-electron chi connectivity index (χ2n) is 6.12. The molecule has 3 aromatic carbocycles. The molecule has 0 atom stereocenters. The van der Waals surface area contributed by atoms with Crippen LogP contribution in [-0.4, -0.2) is 5.78 Å². The number of nitriles is 1. The molecule has 0 aliphatic rings. The van der Waals surface area contributed by atoms with E-state index in [2.05, 4.69) is 0 Å². The monoisotopic (exact) mass is 407 g/mol. The van der Waals surface area contributed by atoms with Crippen LogP contribution in [-0.2, 0) is 0 Å². The van der Waals surface area contributed by atoms with Crippen LogP contribution < -0.4 is 4.74 Å². The molecule has 0 aliphatic heterocycles. The number of rotatable bonds is 5. The first-order chi connectivity index (χ1) is 13.5. The molecule has 0 bridgehead atoms. The van der Waals surface area contributed by atoms with Crippen LogP contribution in [0.2, 0.25) is 10.0 Å². The number of hydrogen-bond acceptors (Lipinski definition) is 3. The van der Waals surface area contributed by atoms with Gasteiger partial charge in [0, 0.05) is 11.6 Å². The average Bonchev–Trinajstić information content (AvgIpc) is 2.69. The summed E-state index contributed by atoms with van der Waals surface area (Å²) in [7, 11) is 0. The number of nitrogens with zero attached hydrogens (tertiary/aromatic N) is 1. The number of carbonyl (C=O) groups is 1. The third-order valence-corrected chi connectivity index (χ3v) is 4.71. The molecule has 5 heteroatoms. The number of hydrogen-bond donors (Lipinski definition) is 0. The Hall–Kier alpha value is -3.06. The number of Topliss-reactive ketones (excluding diaryl/α,β-unsaturated/α-hetero) is 1. The maximum atomic E-state index is 12.6. The summed E-state index contributed by atoms with van der Waals surface area (Å²) in [6.07, 6.45) is 1.55. The topological polar surface area (TPSA) is 50.1 Å². The number of ketones is 1. The lowest BCUT2D eigenvalue weighted by molar-refractivity contribution is 0.104. The van der Waals surface area contributed by atoms with Gasteiger partial charge in [-0.1, -0.05) is 65.2 Å². The molecule has 0 amide bonds. The molecular weight excluding hydrogens is 393 g/mol. The van der Waals surface area contributed by atoms with E-state index in [0.29, 0.717) is 32.7 Å². The molecule has 3 nitrogen and oxygen atoms in total. The molecule has 138 valence electrons. The van der Waals surface area contributed by atoms with Crippen LogP contribution in [0.15, 0.2) is 72.3 Å². The van der Waals surface area contributed by atoms with Crippen molar-refractivity contribution in [3.05, 3.63) is 99.0 Å². The predicted molar refractivity (Wildman–Crippen MR) is 112 cm³/mol. The molecule has 0 N–H and O–H groups in total. The van der Waals surface area contributed by atoms with Crippen LogP contribution in [0.3, 0.4) is 0 Å². The van der Waals surface area contributed by atoms with Crippen LogP contribution in [0.5, 0.6) is 11.5 Å². The van der Waals surface area contributed by atoms with Crippen LogP contribution in [0, 0.1) is 18.3 Å². The van der Waals surface area contributed by atoms with Crippen molar-refractivity contribution in [2.24, 2.45) is 0 Å². The quantitative estimate of drug-likeness (QED) is 0.263. The Labute approximate surface area is 173 Å². The second-order valence-corrected chi connectivity index (χ2v) is 6.93. The van der Waals surface area contributed by atoms with E-state index in [1.165, 1.54) is 0 Å². The van der Waals surface area contributed by atoms with Crippen molar-refractivity contribution >= 4 is 35.1 Å². The van der Waals surface area contributed by atoms with E-state index in [4.69, 9.17) is 27.9 Å². The van der Waals surface area contributed by atoms with Crippen LogP contribution in [0.4, 0.5) is 0 Å². The fraction of sp³-hybridized carbons (Fsp3) is 0.0435. The Morgan fingerprint density at radius 3 is 2.36 bits per heavy atom. The highest BCUT2D eigenvalue weighted by Gasteiger charge is 2.12. The maximum Gasteiger partial charge on any atom is 0.203 e. The summed E-state index contributed by atoms with van der Waals surface area (Å²) >= 11 is 11.9. The smallest absolute Gasteiger partial charge is 0.203 e. The molecule has 0 aromatic heterocycles. The zero-order valence-corrected chi connectivity index (χ0v) is 16.5. The van der Waals surface area contributed by atoms with Gasteiger partial charge in [-0.05, 0) is 42.8 Å². The van der Waals surface area contributed by atoms with Crippen molar-refractivity contribution in [2.75, 3.05) is 0 Å². The molecule has 3 aromatic rings. The first-order valence-corrected chi connectivity index (χ1v) is 9.18. The molecule has 0 fully saturated rings. The van der Waals surface area contributed by atoms with Gasteiger partial charge in [-0.25, -0.2) is 0 Å². The fourth-order valence-electron chi connectivity index (χ4n) is 2.52. The normalized spacial score (nSPS) is 11.0. The molecule has 0 aliphatic carbocycles. The van der Waals surface area contributed by atoms with Crippen LogP contribution in [0.1, 0.15) is 21.5 Å². The lowest BCUT2D eigenvalue weighted by Gasteiger charge is -2.07. The molecule has 0 saturated carbocycles. The van der Waals surface area contributed by atoms with Gasteiger partial charge < -0.3 is 4.74 Å². The van der Waals surface area contributed by atoms with Gasteiger partial charge in [0.15, 0.2) is 0 Å². The molecular formula is C23H15Cl2NO2. The second kappa shape index (κ2) is 8.75. The van der Waals surface area contributed by atoms with Crippen molar-refractivity contribution in [3.63, 3.8) is 0 Å². The first-order valence-electron chi connectivity index (χ1n) is 8.42. The summed E-state index contributed by atoms with van der Waals surface area (Å²) in [5.41, 5.74) is 2.25. The highest BCUT2D eigenvalue weighted by atomic mass is 35.5. The summed E-state index contributed by atoms with van der Waals surface area (Å²) < 4.78 is 5.79. The maximum absolute atomic E-state index is 12.6. The minimum absolute atomic E-state index is 0.0514. The number of halogens is 2. The highest BCUT2D eigenvalue weighted by molar-refractivity contribution is 6.42. The van der Waals surface area contributed by atoms with E-state index in [9.17, 15) is 10.1 Å². The van der Waals surface area contributed by atoms with Gasteiger partial charge in [-0.3, -0.25) is 4.79 Å². The number of benzene rings is 3. The zero-order chi connectivity index (χ0) is 20.1. The van der Waals surface area contributed by atoms with Crippen molar-refractivity contribution in [1.29, 1.82) is 5.26 Å². The largest absolute Gasteiger partial charge is 0.457 e. The number of allylic oxidation sites excluding steroid dienone is 1. The van der Waals surface area contributed by atoms with Gasteiger partial charge in [0.2, 0.25) is 5.78 Å². The predicted octanol–water partition coefficient (Wildman–Crippen LogP) is 6.88. The number of ether oxygens (including phenoxy) is 1. The highest BCUT2D eigenvalue weighted by Crippen LogP contribution is 2.30. The van der Waals surface area contributed by atoms with Crippen molar-refractivity contribution in [1.82, 2.24) is 0 Å². The number of aryl methyl sites for hydroxylation is 1. The first kappa shape index (κ1) is 19.7. The molecule has 0 unspecified atom stereocenters. The molecule has 28 heavy (non-hydrogen) atoms. The lowest BCUT2D eigenvalue weighted by Crippen LogP contribution is -2.01. The van der Waals surface area contributed by atoms with Gasteiger partial charge in [-0.2, -0.15) is 5.26 Å². The third kappa shape index (κ3) is 4.80. The average molecular weight is 408 g/mol. The molecule has 3 rings (SSSR count). The minimum atomic E-state index is -0.321. The van der Waals surface area contributed by atoms with Gasteiger partial charge in [0.1, 0.15) is 23.1 Å². The molecule has 0 radical (unpaired) electrons.